The van der Waals surface area contributed by atoms with E-state index in [-0.39, 0.29) is 27.9 Å². The van der Waals surface area contributed by atoms with Crippen LogP contribution < -0.4 is 5.32 Å². The number of hydrogen-bond acceptors (Lipinski definition) is 6. The van der Waals surface area contributed by atoms with Gasteiger partial charge in [-0.2, -0.15) is 17.5 Å². The highest BCUT2D eigenvalue weighted by atomic mass is 32.2. The first kappa shape index (κ1) is 23.9. The van der Waals surface area contributed by atoms with Crippen molar-refractivity contribution in [3.63, 3.8) is 0 Å². The SMILES string of the molecule is CC1CCN(S(=O)(=O)c2ccc(C(=O)Nc3nnc(-c4ccc(C(F)(F)F)cc4)o3)cc2)CC1. The number of halogens is 3. The zero-order chi connectivity index (χ0) is 24.5. The van der Waals surface area contributed by atoms with Gasteiger partial charge in [0.25, 0.3) is 5.91 Å². The van der Waals surface area contributed by atoms with E-state index in [1.807, 2.05) is 0 Å². The maximum absolute atomic E-state index is 12.8. The van der Waals surface area contributed by atoms with E-state index >= 15 is 0 Å². The number of rotatable bonds is 5. The molecule has 1 aliphatic heterocycles. The minimum atomic E-state index is -4.46. The van der Waals surface area contributed by atoms with Gasteiger partial charge >= 0.3 is 12.2 Å². The van der Waals surface area contributed by atoms with Crippen molar-refractivity contribution in [1.82, 2.24) is 14.5 Å². The van der Waals surface area contributed by atoms with Crippen LogP contribution in [0.4, 0.5) is 19.2 Å². The predicted molar refractivity (Wildman–Crippen MR) is 116 cm³/mol. The molecule has 12 heteroatoms. The number of aromatic nitrogens is 2. The maximum Gasteiger partial charge on any atom is 0.416 e. The van der Waals surface area contributed by atoms with Crippen LogP contribution >= 0.6 is 0 Å². The van der Waals surface area contributed by atoms with Crippen LogP contribution in [0.25, 0.3) is 11.5 Å². The van der Waals surface area contributed by atoms with Crippen molar-refractivity contribution in [3.05, 3.63) is 59.7 Å². The van der Waals surface area contributed by atoms with Gasteiger partial charge in [0.1, 0.15) is 0 Å². The largest absolute Gasteiger partial charge is 0.416 e. The smallest absolute Gasteiger partial charge is 0.403 e. The highest BCUT2D eigenvalue weighted by molar-refractivity contribution is 7.89. The van der Waals surface area contributed by atoms with Crippen molar-refractivity contribution in [2.45, 2.75) is 30.8 Å². The third kappa shape index (κ3) is 5.12. The van der Waals surface area contributed by atoms with Gasteiger partial charge in [0, 0.05) is 24.2 Å². The van der Waals surface area contributed by atoms with E-state index in [9.17, 15) is 26.4 Å². The second-order valence-corrected chi connectivity index (χ2v) is 9.99. The molecule has 2 heterocycles. The predicted octanol–water partition coefficient (Wildman–Crippen LogP) is 4.43. The molecule has 0 unspecified atom stereocenters. The summed E-state index contributed by atoms with van der Waals surface area (Å²) in [5.74, 6) is -0.193. The molecule has 0 radical (unpaired) electrons. The van der Waals surface area contributed by atoms with Gasteiger partial charge in [0.15, 0.2) is 0 Å². The second kappa shape index (κ2) is 9.18. The Morgan fingerprint density at radius 1 is 1.03 bits per heavy atom. The number of amides is 1. The van der Waals surface area contributed by atoms with Gasteiger partial charge in [0.05, 0.1) is 10.5 Å². The second-order valence-electron chi connectivity index (χ2n) is 8.05. The Hall–Kier alpha value is -3.25. The van der Waals surface area contributed by atoms with Crippen LogP contribution in [0.1, 0.15) is 35.7 Å². The molecule has 2 aromatic carbocycles. The average molecular weight is 494 g/mol. The number of anilines is 1. The molecule has 0 spiro atoms. The van der Waals surface area contributed by atoms with E-state index in [2.05, 4.69) is 22.4 Å². The molecule has 180 valence electrons. The van der Waals surface area contributed by atoms with E-state index < -0.39 is 27.7 Å². The lowest BCUT2D eigenvalue weighted by Gasteiger charge is -2.29. The van der Waals surface area contributed by atoms with Crippen LogP contribution in [0.2, 0.25) is 0 Å². The fourth-order valence-corrected chi connectivity index (χ4v) is 4.98. The standard InChI is InChI=1S/C22H21F3N4O4S/c1-14-10-12-29(13-11-14)34(31,32)18-8-4-15(5-9-18)19(30)26-21-28-27-20(33-21)16-2-6-17(7-3-16)22(23,24)25/h2-9,14H,10-13H2,1H3,(H,26,28,30). The topological polar surface area (TPSA) is 105 Å². The summed E-state index contributed by atoms with van der Waals surface area (Å²) in [5, 5.41) is 9.80. The third-order valence-corrected chi connectivity index (χ3v) is 7.51. The monoisotopic (exact) mass is 494 g/mol. The molecule has 1 fully saturated rings. The van der Waals surface area contributed by atoms with Gasteiger partial charge in [-0.15, -0.1) is 5.10 Å². The van der Waals surface area contributed by atoms with Crippen LogP contribution in [0, 0.1) is 5.92 Å². The van der Waals surface area contributed by atoms with Crippen molar-refractivity contribution < 1.29 is 30.8 Å². The molecule has 4 rings (SSSR count). The summed E-state index contributed by atoms with van der Waals surface area (Å²) >= 11 is 0. The zero-order valence-corrected chi connectivity index (χ0v) is 18.9. The first-order valence-electron chi connectivity index (χ1n) is 10.5. The normalized spacial score (nSPS) is 15.9. The summed E-state index contributed by atoms with van der Waals surface area (Å²) in [6, 6.07) is 9.38. The number of carbonyl (C=O) groups is 1. The first-order chi connectivity index (χ1) is 16.0. The molecule has 0 saturated carbocycles. The van der Waals surface area contributed by atoms with E-state index in [0.29, 0.717) is 19.0 Å². The minimum absolute atomic E-state index is 0.0682. The Bertz CT molecular complexity index is 1260. The van der Waals surface area contributed by atoms with Crippen molar-refractivity contribution in [2.24, 2.45) is 5.92 Å². The molecule has 0 bridgehead atoms. The quantitative estimate of drug-likeness (QED) is 0.563. The molecule has 34 heavy (non-hydrogen) atoms. The Morgan fingerprint density at radius 2 is 1.65 bits per heavy atom. The van der Waals surface area contributed by atoms with E-state index in [1.54, 1.807) is 0 Å². The molecule has 0 aliphatic carbocycles. The summed E-state index contributed by atoms with van der Waals surface area (Å²) in [7, 11) is -3.64. The van der Waals surface area contributed by atoms with Crippen LogP contribution in [0.3, 0.4) is 0 Å². The van der Waals surface area contributed by atoms with Gasteiger partial charge in [-0.25, -0.2) is 8.42 Å². The van der Waals surface area contributed by atoms with Crippen LogP contribution in [0.5, 0.6) is 0 Å². The summed E-state index contributed by atoms with van der Waals surface area (Å²) in [5.41, 5.74) is -0.396. The van der Waals surface area contributed by atoms with Crippen LogP contribution in [0.15, 0.2) is 57.8 Å². The summed E-state index contributed by atoms with van der Waals surface area (Å²) < 4.78 is 70.5. The summed E-state index contributed by atoms with van der Waals surface area (Å²) in [4.78, 5) is 12.6. The van der Waals surface area contributed by atoms with E-state index in [1.165, 1.54) is 40.7 Å². The Balaban J connectivity index is 1.42. The number of benzene rings is 2. The summed E-state index contributed by atoms with van der Waals surface area (Å²) in [6.45, 7) is 3.02. The average Bonchev–Trinajstić information content (AvgIpc) is 3.27. The summed E-state index contributed by atoms with van der Waals surface area (Å²) in [6.07, 6.45) is -2.86. The number of hydrogen-bond donors (Lipinski definition) is 1. The van der Waals surface area contributed by atoms with Gasteiger partial charge in [-0.3, -0.25) is 10.1 Å². The lowest BCUT2D eigenvalue weighted by Crippen LogP contribution is -2.37. The Labute approximate surface area is 193 Å². The molecule has 3 aromatic rings. The molecule has 8 nitrogen and oxygen atoms in total. The fraction of sp³-hybridized carbons (Fsp3) is 0.318. The lowest BCUT2D eigenvalue weighted by atomic mass is 10.0. The zero-order valence-electron chi connectivity index (χ0n) is 18.0. The van der Waals surface area contributed by atoms with Gasteiger partial charge in [-0.05, 0) is 67.3 Å². The molecule has 0 atom stereocenters. The lowest BCUT2D eigenvalue weighted by molar-refractivity contribution is -0.137. The van der Waals surface area contributed by atoms with Gasteiger partial charge in [-0.1, -0.05) is 12.0 Å². The minimum Gasteiger partial charge on any atom is -0.403 e. The molecular formula is C22H21F3N4O4S. The number of carbonyl (C=O) groups excluding carboxylic acids is 1. The van der Waals surface area contributed by atoms with Gasteiger partial charge < -0.3 is 4.42 Å². The Kier molecular flexibility index (Phi) is 6.45. The molecule has 1 N–H and O–H groups in total. The maximum atomic E-state index is 12.8. The van der Waals surface area contributed by atoms with Crippen molar-refractivity contribution in [1.29, 1.82) is 0 Å². The molecule has 1 aliphatic rings. The van der Waals surface area contributed by atoms with Crippen LogP contribution in [-0.2, 0) is 16.2 Å². The van der Waals surface area contributed by atoms with Crippen molar-refractivity contribution >= 4 is 21.9 Å². The molecule has 1 amide bonds. The third-order valence-electron chi connectivity index (χ3n) is 5.60. The molecular weight excluding hydrogens is 473 g/mol. The highest BCUT2D eigenvalue weighted by Crippen LogP contribution is 2.31. The molecule has 1 saturated heterocycles. The van der Waals surface area contributed by atoms with E-state index in [0.717, 1.165) is 25.0 Å². The molecule has 1 aromatic heterocycles. The number of sulfonamides is 1. The van der Waals surface area contributed by atoms with Crippen molar-refractivity contribution in [2.75, 3.05) is 18.4 Å². The van der Waals surface area contributed by atoms with Gasteiger partial charge in [0.2, 0.25) is 15.9 Å². The number of nitrogens with zero attached hydrogens (tertiary/aromatic N) is 3. The number of alkyl halides is 3. The first-order valence-corrected chi connectivity index (χ1v) is 11.9. The fourth-order valence-electron chi connectivity index (χ4n) is 3.51. The van der Waals surface area contributed by atoms with Crippen molar-refractivity contribution in [3.8, 4) is 11.5 Å². The number of piperidine rings is 1. The Morgan fingerprint density at radius 3 is 2.24 bits per heavy atom. The van der Waals surface area contributed by atoms with E-state index in [4.69, 9.17) is 4.42 Å². The highest BCUT2D eigenvalue weighted by Gasteiger charge is 2.30. The number of nitrogens with one attached hydrogen (secondary N) is 1. The van der Waals surface area contributed by atoms with Crippen LogP contribution in [-0.4, -0.2) is 41.9 Å².